The highest BCUT2D eigenvalue weighted by Gasteiger charge is 2.39. The topological polar surface area (TPSA) is 46.5 Å². The largest absolute Gasteiger partial charge is 0.479 e. The van der Waals surface area contributed by atoms with Crippen LogP contribution in [0.15, 0.2) is 12.2 Å². The van der Waals surface area contributed by atoms with E-state index in [0.717, 1.165) is 25.7 Å². The van der Waals surface area contributed by atoms with Crippen molar-refractivity contribution >= 4 is 5.97 Å². The fraction of sp³-hybridized carbons (Fsp3) is 0.750. The lowest BCUT2D eigenvalue weighted by atomic mass is 9.90. The number of carbonyl (C=O) groups is 1. The number of hydrogen-bond acceptors (Lipinski definition) is 2. The van der Waals surface area contributed by atoms with Crippen LogP contribution < -0.4 is 0 Å². The van der Waals surface area contributed by atoms with Crippen molar-refractivity contribution in [2.45, 2.75) is 57.7 Å². The van der Waals surface area contributed by atoms with Crippen molar-refractivity contribution in [2.24, 2.45) is 0 Å². The minimum absolute atomic E-state index is 0.0452. The van der Waals surface area contributed by atoms with Gasteiger partial charge in [-0.05, 0) is 38.2 Å². The summed E-state index contributed by atoms with van der Waals surface area (Å²) in [6.07, 6.45) is 7.85. The Morgan fingerprint density at radius 1 is 1.53 bits per heavy atom. The number of allylic oxidation sites excluding steroid dienone is 1. The van der Waals surface area contributed by atoms with Crippen molar-refractivity contribution in [3.05, 3.63) is 12.2 Å². The van der Waals surface area contributed by atoms with E-state index in [1.807, 2.05) is 19.9 Å². The van der Waals surface area contributed by atoms with Crippen molar-refractivity contribution in [2.75, 3.05) is 0 Å². The zero-order valence-electron chi connectivity index (χ0n) is 9.53. The standard InChI is InChI=1S/C12H20O3/c1-3-10(4-2)15-12(11(13)14)8-6-5-7-9-12/h6,8,10H,3-5,7,9H2,1-2H3,(H,13,14). The summed E-state index contributed by atoms with van der Waals surface area (Å²) in [6, 6.07) is 0. The molecule has 86 valence electrons. The van der Waals surface area contributed by atoms with Gasteiger partial charge in [-0.15, -0.1) is 0 Å². The first-order valence-corrected chi connectivity index (χ1v) is 5.73. The molecule has 0 saturated heterocycles. The molecule has 0 aromatic carbocycles. The molecule has 0 saturated carbocycles. The van der Waals surface area contributed by atoms with Crippen LogP contribution in [0.3, 0.4) is 0 Å². The molecular weight excluding hydrogens is 192 g/mol. The van der Waals surface area contributed by atoms with E-state index < -0.39 is 11.6 Å². The summed E-state index contributed by atoms with van der Waals surface area (Å²) in [6.45, 7) is 4.05. The molecule has 0 amide bonds. The van der Waals surface area contributed by atoms with E-state index in [9.17, 15) is 9.90 Å². The summed E-state index contributed by atoms with van der Waals surface area (Å²) in [5.74, 6) is -0.856. The Labute approximate surface area is 91.1 Å². The molecule has 1 rings (SSSR count). The van der Waals surface area contributed by atoms with Crippen molar-refractivity contribution in [3.63, 3.8) is 0 Å². The van der Waals surface area contributed by atoms with Gasteiger partial charge < -0.3 is 9.84 Å². The lowest BCUT2D eigenvalue weighted by Crippen LogP contribution is -2.43. The maximum Gasteiger partial charge on any atom is 0.340 e. The monoisotopic (exact) mass is 212 g/mol. The number of carboxylic acid groups (broad SMARTS) is 1. The van der Waals surface area contributed by atoms with Gasteiger partial charge in [-0.25, -0.2) is 4.79 Å². The molecule has 1 N–H and O–H groups in total. The smallest absolute Gasteiger partial charge is 0.340 e. The van der Waals surface area contributed by atoms with Gasteiger partial charge in [0.1, 0.15) is 0 Å². The second kappa shape index (κ2) is 5.31. The van der Waals surface area contributed by atoms with Gasteiger partial charge in [-0.2, -0.15) is 0 Å². The number of carboxylic acids is 1. The maximum atomic E-state index is 11.3. The second-order valence-electron chi connectivity index (χ2n) is 4.05. The highest BCUT2D eigenvalue weighted by Crippen LogP contribution is 2.29. The zero-order chi connectivity index (χ0) is 11.3. The third-order valence-corrected chi connectivity index (χ3v) is 2.96. The lowest BCUT2D eigenvalue weighted by molar-refractivity contribution is -0.168. The summed E-state index contributed by atoms with van der Waals surface area (Å²) in [7, 11) is 0. The summed E-state index contributed by atoms with van der Waals surface area (Å²) in [5, 5.41) is 9.25. The Morgan fingerprint density at radius 3 is 2.60 bits per heavy atom. The molecule has 0 bridgehead atoms. The maximum absolute atomic E-state index is 11.3. The van der Waals surface area contributed by atoms with Crippen LogP contribution in [0.4, 0.5) is 0 Å². The molecule has 1 atom stereocenters. The van der Waals surface area contributed by atoms with Crippen molar-refractivity contribution in [1.29, 1.82) is 0 Å². The van der Waals surface area contributed by atoms with E-state index in [1.165, 1.54) is 0 Å². The fourth-order valence-corrected chi connectivity index (χ4v) is 1.92. The molecule has 1 aliphatic carbocycles. The first-order chi connectivity index (χ1) is 7.14. The van der Waals surface area contributed by atoms with E-state index in [-0.39, 0.29) is 6.10 Å². The molecule has 1 aliphatic rings. The van der Waals surface area contributed by atoms with Crippen LogP contribution in [0.2, 0.25) is 0 Å². The SMILES string of the molecule is CCC(CC)OC1(C(=O)O)C=CCCC1. The van der Waals surface area contributed by atoms with E-state index in [2.05, 4.69) is 0 Å². The van der Waals surface area contributed by atoms with Gasteiger partial charge in [-0.3, -0.25) is 0 Å². The fourth-order valence-electron chi connectivity index (χ4n) is 1.92. The molecular formula is C12H20O3. The van der Waals surface area contributed by atoms with Crippen LogP contribution in [-0.4, -0.2) is 22.8 Å². The molecule has 0 aliphatic heterocycles. The van der Waals surface area contributed by atoms with E-state index in [4.69, 9.17) is 4.74 Å². The molecule has 0 aromatic heterocycles. The van der Waals surface area contributed by atoms with E-state index in [0.29, 0.717) is 6.42 Å². The Hall–Kier alpha value is -0.830. The summed E-state index contributed by atoms with van der Waals surface area (Å²) < 4.78 is 5.75. The number of aliphatic carboxylic acids is 1. The predicted octanol–water partition coefficient (Wildman–Crippen LogP) is 2.76. The minimum atomic E-state index is -1.06. The lowest BCUT2D eigenvalue weighted by Gasteiger charge is -2.32. The third kappa shape index (κ3) is 2.81. The number of hydrogen-bond donors (Lipinski definition) is 1. The summed E-state index contributed by atoms with van der Waals surface area (Å²) >= 11 is 0. The van der Waals surface area contributed by atoms with E-state index >= 15 is 0 Å². The Morgan fingerprint density at radius 2 is 2.20 bits per heavy atom. The Bertz CT molecular complexity index is 243. The van der Waals surface area contributed by atoms with Gasteiger partial charge >= 0.3 is 5.97 Å². The molecule has 0 radical (unpaired) electrons. The van der Waals surface area contributed by atoms with Gasteiger partial charge in [-0.1, -0.05) is 19.9 Å². The number of ether oxygens (including phenoxy) is 1. The van der Waals surface area contributed by atoms with Crippen molar-refractivity contribution < 1.29 is 14.6 Å². The summed E-state index contributed by atoms with van der Waals surface area (Å²) in [5.41, 5.74) is -1.06. The van der Waals surface area contributed by atoms with Crippen LogP contribution in [0.25, 0.3) is 0 Å². The van der Waals surface area contributed by atoms with Crippen LogP contribution in [0.1, 0.15) is 46.0 Å². The predicted molar refractivity (Wildman–Crippen MR) is 58.8 cm³/mol. The molecule has 3 heteroatoms. The average Bonchev–Trinajstić information content (AvgIpc) is 2.27. The van der Waals surface area contributed by atoms with Crippen molar-refractivity contribution in [3.8, 4) is 0 Å². The Kier molecular flexibility index (Phi) is 4.33. The molecule has 0 fully saturated rings. The quantitative estimate of drug-likeness (QED) is 0.713. The normalized spacial score (nSPS) is 25.8. The average molecular weight is 212 g/mol. The van der Waals surface area contributed by atoms with Crippen LogP contribution in [0.5, 0.6) is 0 Å². The van der Waals surface area contributed by atoms with E-state index in [1.54, 1.807) is 6.08 Å². The molecule has 15 heavy (non-hydrogen) atoms. The summed E-state index contributed by atoms with van der Waals surface area (Å²) in [4.78, 5) is 11.3. The third-order valence-electron chi connectivity index (χ3n) is 2.96. The van der Waals surface area contributed by atoms with Crippen LogP contribution in [0, 0.1) is 0 Å². The molecule has 3 nitrogen and oxygen atoms in total. The first-order valence-electron chi connectivity index (χ1n) is 5.73. The van der Waals surface area contributed by atoms with Gasteiger partial charge in [0.05, 0.1) is 6.10 Å². The highest BCUT2D eigenvalue weighted by atomic mass is 16.5. The molecule has 0 aromatic rings. The first kappa shape index (κ1) is 12.2. The van der Waals surface area contributed by atoms with Gasteiger partial charge in [0.2, 0.25) is 0 Å². The zero-order valence-corrected chi connectivity index (χ0v) is 9.53. The van der Waals surface area contributed by atoms with Gasteiger partial charge in [0.15, 0.2) is 5.60 Å². The highest BCUT2D eigenvalue weighted by molar-refractivity contribution is 5.80. The van der Waals surface area contributed by atoms with Gasteiger partial charge in [0.25, 0.3) is 0 Å². The van der Waals surface area contributed by atoms with Gasteiger partial charge in [0, 0.05) is 0 Å². The minimum Gasteiger partial charge on any atom is -0.479 e. The molecule has 0 heterocycles. The second-order valence-corrected chi connectivity index (χ2v) is 4.05. The van der Waals surface area contributed by atoms with Crippen LogP contribution in [-0.2, 0) is 9.53 Å². The van der Waals surface area contributed by atoms with Crippen molar-refractivity contribution in [1.82, 2.24) is 0 Å². The Balaban J connectivity index is 2.77. The number of rotatable bonds is 5. The van der Waals surface area contributed by atoms with Crippen LogP contribution >= 0.6 is 0 Å². The molecule has 1 unspecified atom stereocenters. The molecule has 0 spiro atoms.